The number of rotatable bonds is 4. The highest BCUT2D eigenvalue weighted by Crippen LogP contribution is 2.19. The molecule has 0 aromatic carbocycles. The Morgan fingerprint density at radius 1 is 1.23 bits per heavy atom. The van der Waals surface area contributed by atoms with Crippen LogP contribution in [0.2, 0.25) is 0 Å². The summed E-state index contributed by atoms with van der Waals surface area (Å²) < 4.78 is 0. The first kappa shape index (κ1) is 13.6. The van der Waals surface area contributed by atoms with Crippen molar-refractivity contribution in [2.24, 2.45) is 0 Å². The fraction of sp³-hybridized carbons (Fsp3) is 1.00. The smallest absolute Gasteiger partial charge is 0.0555 e. The van der Waals surface area contributed by atoms with Gasteiger partial charge in [0.1, 0.15) is 0 Å². The summed E-state index contributed by atoms with van der Waals surface area (Å²) in [6, 6.07) is 0. The maximum atomic E-state index is 8.23. The van der Waals surface area contributed by atoms with Crippen LogP contribution in [-0.4, -0.2) is 41.4 Å². The summed E-state index contributed by atoms with van der Waals surface area (Å²) in [5, 5.41) is 12.6. The van der Waals surface area contributed by atoms with E-state index in [1.807, 2.05) is 0 Å². The Morgan fingerprint density at radius 3 is 2.23 bits per heavy atom. The van der Waals surface area contributed by atoms with Crippen LogP contribution in [0.15, 0.2) is 0 Å². The number of aliphatic hydroxyl groups is 1. The van der Waals surface area contributed by atoms with Crippen LogP contribution in [0.3, 0.4) is 0 Å². The summed E-state index contributed by atoms with van der Waals surface area (Å²) in [7, 11) is 0. The third-order valence-corrected chi connectivity index (χ3v) is 3.95. The highest BCUT2D eigenvalue weighted by atomic mass is 32.2. The molecule has 0 aromatic rings. The minimum atomic E-state index is 0.250. The van der Waals surface area contributed by atoms with Crippen molar-refractivity contribution < 1.29 is 5.11 Å². The van der Waals surface area contributed by atoms with E-state index < -0.39 is 0 Å². The molecule has 2 nitrogen and oxygen atoms in total. The van der Waals surface area contributed by atoms with E-state index in [-0.39, 0.29) is 6.61 Å². The third kappa shape index (κ3) is 12.6. The third-order valence-electron chi connectivity index (χ3n) is 1.46. The van der Waals surface area contributed by atoms with Crippen LogP contribution in [-0.2, 0) is 0 Å². The molecule has 0 aromatic heterocycles. The van der Waals surface area contributed by atoms with Crippen molar-refractivity contribution in [1.29, 1.82) is 0 Å². The second kappa shape index (κ2) is 12.6. The van der Waals surface area contributed by atoms with Crippen molar-refractivity contribution in [3.63, 3.8) is 0 Å². The van der Waals surface area contributed by atoms with Gasteiger partial charge in [0.2, 0.25) is 0 Å². The lowest BCUT2D eigenvalue weighted by atomic mass is 10.5. The molecule has 0 aliphatic carbocycles. The van der Waals surface area contributed by atoms with E-state index in [0.717, 1.165) is 19.5 Å². The van der Waals surface area contributed by atoms with Crippen molar-refractivity contribution >= 4 is 23.5 Å². The molecule has 1 aliphatic heterocycles. The first-order chi connectivity index (χ1) is 6.41. The van der Waals surface area contributed by atoms with Gasteiger partial charge in [0.05, 0.1) is 6.61 Å². The van der Waals surface area contributed by atoms with Crippen LogP contribution in [0, 0.1) is 0 Å². The average molecular weight is 223 g/mol. The van der Waals surface area contributed by atoms with E-state index in [0.29, 0.717) is 0 Å². The number of aliphatic hydroxyl groups excluding tert-OH is 1. The molecule has 0 spiro atoms. The summed E-state index contributed by atoms with van der Waals surface area (Å²) in [6.07, 6.45) is 2.56. The van der Waals surface area contributed by atoms with E-state index >= 15 is 0 Å². The van der Waals surface area contributed by atoms with Gasteiger partial charge in [-0.2, -0.15) is 23.5 Å². The molecule has 0 unspecified atom stereocenters. The molecule has 2 N–H and O–H groups in total. The van der Waals surface area contributed by atoms with Gasteiger partial charge in [0.25, 0.3) is 0 Å². The van der Waals surface area contributed by atoms with E-state index in [1.165, 1.54) is 23.0 Å². The summed E-state index contributed by atoms with van der Waals surface area (Å²) >= 11 is 4.12. The fourth-order valence-electron chi connectivity index (χ4n) is 0.821. The lowest BCUT2D eigenvalue weighted by Crippen LogP contribution is -2.18. The topological polar surface area (TPSA) is 32.3 Å². The van der Waals surface area contributed by atoms with Crippen LogP contribution < -0.4 is 5.32 Å². The first-order valence-electron chi connectivity index (χ1n) is 4.89. The Balaban J connectivity index is 0.000000223. The number of thioether (sulfide) groups is 2. The van der Waals surface area contributed by atoms with Gasteiger partial charge in [-0.05, 0) is 30.9 Å². The second-order valence-corrected chi connectivity index (χ2v) is 5.34. The lowest BCUT2D eigenvalue weighted by Gasteiger charge is -2.05. The van der Waals surface area contributed by atoms with Crippen LogP contribution in [0.5, 0.6) is 0 Å². The lowest BCUT2D eigenvalue weighted by molar-refractivity contribution is 0.292. The molecule has 0 bridgehead atoms. The largest absolute Gasteiger partial charge is 0.395 e. The fourth-order valence-corrected chi connectivity index (χ4v) is 3.11. The van der Waals surface area contributed by atoms with Gasteiger partial charge in [0, 0.05) is 11.6 Å². The van der Waals surface area contributed by atoms with Gasteiger partial charge in [-0.25, -0.2) is 0 Å². The summed E-state index contributed by atoms with van der Waals surface area (Å²) in [4.78, 5) is 0. The van der Waals surface area contributed by atoms with Crippen molar-refractivity contribution in [3.05, 3.63) is 0 Å². The maximum Gasteiger partial charge on any atom is 0.0555 e. The zero-order valence-electron chi connectivity index (χ0n) is 8.42. The summed E-state index contributed by atoms with van der Waals surface area (Å²) in [5.41, 5.74) is 0. The Hall–Kier alpha value is 0.620. The minimum Gasteiger partial charge on any atom is -0.395 e. The molecular weight excluding hydrogens is 202 g/mol. The zero-order valence-corrected chi connectivity index (χ0v) is 10.1. The second-order valence-electron chi connectivity index (χ2n) is 2.76. The predicted molar refractivity (Wildman–Crippen MR) is 64.6 cm³/mol. The van der Waals surface area contributed by atoms with Gasteiger partial charge >= 0.3 is 0 Å². The molecule has 1 heterocycles. The van der Waals surface area contributed by atoms with Gasteiger partial charge < -0.3 is 10.4 Å². The highest BCUT2D eigenvalue weighted by Gasteiger charge is 1.95. The predicted octanol–water partition coefficient (Wildman–Crippen LogP) is 1.79. The van der Waals surface area contributed by atoms with Crippen LogP contribution in [0.25, 0.3) is 0 Å². The molecule has 4 heteroatoms. The normalized spacial score (nSPS) is 16.2. The van der Waals surface area contributed by atoms with Gasteiger partial charge in [0.15, 0.2) is 0 Å². The van der Waals surface area contributed by atoms with Crippen LogP contribution >= 0.6 is 23.5 Å². The molecular formula is C9H21NOS2. The molecule has 0 atom stereocenters. The van der Waals surface area contributed by atoms with Crippen molar-refractivity contribution in [1.82, 2.24) is 5.32 Å². The minimum absolute atomic E-state index is 0.250. The Bertz CT molecular complexity index is 74.2. The molecule has 1 aliphatic rings. The van der Waals surface area contributed by atoms with Gasteiger partial charge in [-0.3, -0.25) is 0 Å². The molecule has 0 radical (unpaired) electrons. The zero-order chi connectivity index (χ0) is 9.78. The highest BCUT2D eigenvalue weighted by molar-refractivity contribution is 8.16. The monoisotopic (exact) mass is 223 g/mol. The molecule has 1 saturated heterocycles. The molecule has 13 heavy (non-hydrogen) atoms. The summed E-state index contributed by atoms with van der Waals surface area (Å²) in [5.74, 6) is 2.79. The maximum absolute atomic E-state index is 8.23. The molecule has 1 rings (SSSR count). The standard InChI is InChI=1S/C5H13NO.C4H8S2/c1-2-3-6-4-5-7;1-2-5-4-6-3-1/h6-7H,2-5H2,1H3;1-4H2. The van der Waals surface area contributed by atoms with Crippen molar-refractivity contribution in [2.45, 2.75) is 19.8 Å². The van der Waals surface area contributed by atoms with E-state index in [4.69, 9.17) is 5.11 Å². The SMILES string of the molecule is C1CSCSC1.CCCNCCO. The molecule has 80 valence electrons. The van der Waals surface area contributed by atoms with Gasteiger partial charge in [-0.15, -0.1) is 0 Å². The number of hydrogen-bond donors (Lipinski definition) is 2. The average Bonchev–Trinajstić information content (AvgIpc) is 2.22. The number of hydrogen-bond acceptors (Lipinski definition) is 4. The van der Waals surface area contributed by atoms with Crippen molar-refractivity contribution in [3.8, 4) is 0 Å². The van der Waals surface area contributed by atoms with Gasteiger partial charge in [-0.1, -0.05) is 6.92 Å². The van der Waals surface area contributed by atoms with Crippen LogP contribution in [0.1, 0.15) is 19.8 Å². The Morgan fingerprint density at radius 2 is 1.92 bits per heavy atom. The molecule has 1 fully saturated rings. The first-order valence-corrected chi connectivity index (χ1v) is 7.19. The van der Waals surface area contributed by atoms with Crippen LogP contribution in [0.4, 0.5) is 0 Å². The summed E-state index contributed by atoms with van der Waals surface area (Å²) in [6.45, 7) is 4.10. The quantitative estimate of drug-likeness (QED) is 0.712. The van der Waals surface area contributed by atoms with Crippen molar-refractivity contribution in [2.75, 3.05) is 36.3 Å². The van der Waals surface area contributed by atoms with E-state index in [2.05, 4.69) is 35.8 Å². The number of nitrogens with one attached hydrogen (secondary N) is 1. The van der Waals surface area contributed by atoms with E-state index in [1.54, 1.807) is 0 Å². The molecule has 0 saturated carbocycles. The van der Waals surface area contributed by atoms with E-state index in [9.17, 15) is 0 Å². The molecule has 0 amide bonds. The Kier molecular flexibility index (Phi) is 13.2. The Labute approximate surface area is 90.2 Å².